The Balaban J connectivity index is 1.29. The second kappa shape index (κ2) is 11.4. The van der Waals surface area contributed by atoms with E-state index in [1.807, 2.05) is 54.6 Å². The van der Waals surface area contributed by atoms with Crippen molar-refractivity contribution in [2.24, 2.45) is 0 Å². The van der Waals surface area contributed by atoms with Crippen LogP contribution in [0.25, 0.3) is 94.7 Å². The van der Waals surface area contributed by atoms with Crippen molar-refractivity contribution in [2.75, 3.05) is 0 Å². The van der Waals surface area contributed by atoms with Crippen molar-refractivity contribution < 1.29 is 4.42 Å². The first-order valence-corrected chi connectivity index (χ1v) is 16.7. The molecular formula is C45H28N4O. The third-order valence-corrected chi connectivity index (χ3v) is 9.51. The molecule has 10 aromatic rings. The number of rotatable bonds is 5. The van der Waals surface area contributed by atoms with Gasteiger partial charge in [-0.3, -0.25) is 4.57 Å². The van der Waals surface area contributed by atoms with E-state index in [1.165, 1.54) is 0 Å². The van der Waals surface area contributed by atoms with Crippen LogP contribution in [0, 0.1) is 0 Å². The molecule has 0 aliphatic rings. The van der Waals surface area contributed by atoms with Crippen LogP contribution in [0.1, 0.15) is 0 Å². The number of hydrogen-bond acceptors (Lipinski definition) is 4. The average Bonchev–Trinajstić information content (AvgIpc) is 3.75. The fraction of sp³-hybridized carbons (Fsp3) is 0. The van der Waals surface area contributed by atoms with E-state index < -0.39 is 0 Å². The van der Waals surface area contributed by atoms with Gasteiger partial charge < -0.3 is 4.42 Å². The minimum absolute atomic E-state index is 0.527. The van der Waals surface area contributed by atoms with Crippen LogP contribution in [0.5, 0.6) is 0 Å². The Hall–Kier alpha value is -6.85. The van der Waals surface area contributed by atoms with Gasteiger partial charge in [-0.15, -0.1) is 0 Å². The van der Waals surface area contributed by atoms with E-state index >= 15 is 0 Å². The number of hydrogen-bond donors (Lipinski definition) is 0. The maximum Gasteiger partial charge on any atom is 0.238 e. The molecule has 0 spiro atoms. The van der Waals surface area contributed by atoms with E-state index in [2.05, 4.69) is 120 Å². The van der Waals surface area contributed by atoms with E-state index in [4.69, 9.17) is 19.4 Å². The summed E-state index contributed by atoms with van der Waals surface area (Å²) in [4.78, 5) is 15.7. The summed E-state index contributed by atoms with van der Waals surface area (Å²) in [5.74, 6) is 1.72. The first-order valence-electron chi connectivity index (χ1n) is 16.7. The molecule has 0 fully saturated rings. The van der Waals surface area contributed by atoms with E-state index in [9.17, 15) is 0 Å². The first kappa shape index (κ1) is 28.2. The van der Waals surface area contributed by atoms with Crippen LogP contribution in [-0.2, 0) is 0 Å². The SMILES string of the molecule is c1ccc(-c2nc(-c3ccccc3-c3ccccc3-c3ccccc3)nc(-n3c4ccccc4c4ccc5c6ccccc6oc5c43)n2)cc1. The Morgan fingerprint density at radius 2 is 0.940 bits per heavy atom. The average molecular weight is 641 g/mol. The second-order valence-electron chi connectivity index (χ2n) is 12.4. The van der Waals surface area contributed by atoms with Gasteiger partial charge in [0.25, 0.3) is 0 Å². The fourth-order valence-corrected chi connectivity index (χ4v) is 7.24. The van der Waals surface area contributed by atoms with Gasteiger partial charge in [0.15, 0.2) is 17.2 Å². The van der Waals surface area contributed by atoms with Crippen molar-refractivity contribution in [1.29, 1.82) is 0 Å². The van der Waals surface area contributed by atoms with E-state index in [1.54, 1.807) is 0 Å². The summed E-state index contributed by atoms with van der Waals surface area (Å²) in [5, 5.41) is 4.31. The van der Waals surface area contributed by atoms with Crippen molar-refractivity contribution in [3.05, 3.63) is 170 Å². The zero-order valence-electron chi connectivity index (χ0n) is 26.9. The maximum atomic E-state index is 6.63. The van der Waals surface area contributed by atoms with Crippen LogP contribution in [-0.4, -0.2) is 19.5 Å². The predicted octanol–water partition coefficient (Wildman–Crippen LogP) is 11.5. The lowest BCUT2D eigenvalue weighted by atomic mass is 9.91. The lowest BCUT2D eigenvalue weighted by Gasteiger charge is -2.15. The number of para-hydroxylation sites is 2. The summed E-state index contributed by atoms with van der Waals surface area (Å²) >= 11 is 0. The minimum atomic E-state index is 0.527. The Bertz CT molecular complexity index is 2870. The van der Waals surface area contributed by atoms with Crippen molar-refractivity contribution in [2.45, 2.75) is 0 Å². The molecule has 5 nitrogen and oxygen atoms in total. The van der Waals surface area contributed by atoms with Gasteiger partial charge >= 0.3 is 0 Å². The molecule has 0 aliphatic carbocycles. The maximum absolute atomic E-state index is 6.63. The number of benzene rings is 7. The zero-order valence-corrected chi connectivity index (χ0v) is 26.9. The molecule has 10 rings (SSSR count). The molecule has 7 aromatic carbocycles. The van der Waals surface area contributed by atoms with Crippen molar-refractivity contribution >= 4 is 43.7 Å². The molecule has 0 bridgehead atoms. The summed E-state index contributed by atoms with van der Waals surface area (Å²) in [7, 11) is 0. The lowest BCUT2D eigenvalue weighted by Crippen LogP contribution is -2.07. The summed E-state index contributed by atoms with van der Waals surface area (Å²) in [6, 6.07) is 58.5. The summed E-state index contributed by atoms with van der Waals surface area (Å²) in [6.45, 7) is 0. The molecule has 3 heterocycles. The molecule has 0 radical (unpaired) electrons. The molecule has 0 saturated heterocycles. The van der Waals surface area contributed by atoms with Crippen LogP contribution >= 0.6 is 0 Å². The third-order valence-electron chi connectivity index (χ3n) is 9.51. The smallest absolute Gasteiger partial charge is 0.238 e. The molecule has 50 heavy (non-hydrogen) atoms. The highest BCUT2D eigenvalue weighted by Gasteiger charge is 2.23. The van der Waals surface area contributed by atoms with Gasteiger partial charge in [0, 0.05) is 32.7 Å². The van der Waals surface area contributed by atoms with E-state index in [0.717, 1.165) is 77.1 Å². The number of nitrogens with zero attached hydrogens (tertiary/aromatic N) is 4. The van der Waals surface area contributed by atoms with Gasteiger partial charge in [-0.2, -0.15) is 9.97 Å². The van der Waals surface area contributed by atoms with E-state index in [0.29, 0.717) is 17.6 Å². The van der Waals surface area contributed by atoms with Crippen molar-refractivity contribution in [3.63, 3.8) is 0 Å². The normalized spacial score (nSPS) is 11.6. The van der Waals surface area contributed by atoms with Gasteiger partial charge in [0.2, 0.25) is 5.95 Å². The van der Waals surface area contributed by atoms with Crippen molar-refractivity contribution in [1.82, 2.24) is 19.5 Å². The Morgan fingerprint density at radius 1 is 0.380 bits per heavy atom. The lowest BCUT2D eigenvalue weighted by molar-refractivity contribution is 0.670. The monoisotopic (exact) mass is 640 g/mol. The molecule has 0 atom stereocenters. The van der Waals surface area contributed by atoms with Gasteiger partial charge in [-0.25, -0.2) is 4.98 Å². The Labute approximate surface area is 287 Å². The van der Waals surface area contributed by atoms with E-state index in [-0.39, 0.29) is 0 Å². The predicted molar refractivity (Wildman–Crippen MR) is 203 cm³/mol. The number of aromatic nitrogens is 4. The summed E-state index contributed by atoms with van der Waals surface area (Å²) < 4.78 is 8.77. The Kier molecular flexibility index (Phi) is 6.42. The summed E-state index contributed by atoms with van der Waals surface area (Å²) in [5.41, 5.74) is 9.86. The summed E-state index contributed by atoms with van der Waals surface area (Å²) in [6.07, 6.45) is 0. The highest BCUT2D eigenvalue weighted by Crippen LogP contribution is 2.41. The third kappa shape index (κ3) is 4.45. The molecular weight excluding hydrogens is 613 g/mol. The van der Waals surface area contributed by atoms with Gasteiger partial charge in [0.05, 0.1) is 5.52 Å². The van der Waals surface area contributed by atoms with Crippen LogP contribution < -0.4 is 0 Å². The topological polar surface area (TPSA) is 56.7 Å². The molecule has 0 aliphatic heterocycles. The van der Waals surface area contributed by atoms with Gasteiger partial charge in [-0.05, 0) is 40.5 Å². The molecule has 0 amide bonds. The zero-order chi connectivity index (χ0) is 33.0. The number of fused-ring (bicyclic) bond motifs is 7. The second-order valence-corrected chi connectivity index (χ2v) is 12.4. The van der Waals surface area contributed by atoms with Crippen LogP contribution in [0.2, 0.25) is 0 Å². The molecule has 0 saturated carbocycles. The standard InChI is InChI=1S/C45H28N4O/c1-3-15-29(16-4-1)31-19-7-8-20-32(31)33-21-9-10-24-38(33)44-46-43(30-17-5-2-6-18-30)47-45(48-44)49-39-25-13-11-22-34(39)36-27-28-37-35-23-12-14-26-40(35)50-42(37)41(36)49/h1-28H. The first-order chi connectivity index (χ1) is 24.8. The Morgan fingerprint density at radius 3 is 1.72 bits per heavy atom. The molecule has 3 aromatic heterocycles. The van der Waals surface area contributed by atoms with Gasteiger partial charge in [-0.1, -0.05) is 152 Å². The van der Waals surface area contributed by atoms with Crippen LogP contribution in [0.15, 0.2) is 174 Å². The molecule has 5 heteroatoms. The van der Waals surface area contributed by atoms with Gasteiger partial charge in [0.1, 0.15) is 11.1 Å². The largest absolute Gasteiger partial charge is 0.454 e. The molecule has 0 N–H and O–H groups in total. The van der Waals surface area contributed by atoms with Crippen molar-refractivity contribution in [3.8, 4) is 51.0 Å². The van der Waals surface area contributed by atoms with Crippen LogP contribution in [0.3, 0.4) is 0 Å². The van der Waals surface area contributed by atoms with Crippen LogP contribution in [0.4, 0.5) is 0 Å². The fourth-order valence-electron chi connectivity index (χ4n) is 7.24. The molecule has 0 unspecified atom stereocenters. The number of furan rings is 1. The quantitative estimate of drug-likeness (QED) is 0.188. The molecule has 234 valence electrons. The highest BCUT2D eigenvalue weighted by atomic mass is 16.3. The highest BCUT2D eigenvalue weighted by molar-refractivity contribution is 6.21. The minimum Gasteiger partial charge on any atom is -0.454 e.